The SMILES string of the molecule is CCCCCCCCCCCCCCCCCCC1=C(c2cccc(CCCCCC)c2)[N+](=[N-])C(c2cccc(CCCCCC)c2)=C1CCCCCC.[CH2-]CC.[CH2-]CC.[Ni+2]. The van der Waals surface area contributed by atoms with Crippen LogP contribution in [0.5, 0.6) is 0 Å². The minimum atomic E-state index is 0. The molecule has 0 bridgehead atoms. The van der Waals surface area contributed by atoms with Crippen molar-refractivity contribution in [3.05, 3.63) is 101 Å². The van der Waals surface area contributed by atoms with E-state index in [2.05, 4.69) is 90.1 Å². The largest absolute Gasteiger partial charge is 2.00 e. The molecule has 1 aliphatic heterocycles. The van der Waals surface area contributed by atoms with Crippen LogP contribution in [0.15, 0.2) is 59.7 Å². The average Bonchev–Trinajstić information content (AvgIpc) is 3.53. The van der Waals surface area contributed by atoms with Crippen molar-refractivity contribution in [2.75, 3.05) is 0 Å². The van der Waals surface area contributed by atoms with Gasteiger partial charge in [-0.2, -0.15) is 12.8 Å². The Hall–Kier alpha value is -1.99. The maximum atomic E-state index is 12.3. The second kappa shape index (κ2) is 42.0. The Morgan fingerprint density at radius 2 is 0.623 bits per heavy atom. The monoisotopic (exact) mass is 881 g/mol. The summed E-state index contributed by atoms with van der Waals surface area (Å²) in [4.78, 5) is 0. The predicted molar refractivity (Wildman–Crippen MR) is 270 cm³/mol. The van der Waals surface area contributed by atoms with Crippen LogP contribution in [0.4, 0.5) is 0 Å². The Balaban J connectivity index is 0.00000484. The Labute approximate surface area is 391 Å². The van der Waals surface area contributed by atoms with Gasteiger partial charge in [-0.3, -0.25) is 0 Å². The molecule has 2 aromatic rings. The summed E-state index contributed by atoms with van der Waals surface area (Å²) < 4.78 is 1.63. The first-order valence-electron chi connectivity index (χ1n) is 26.2. The van der Waals surface area contributed by atoms with Crippen LogP contribution >= 0.6 is 0 Å². The van der Waals surface area contributed by atoms with Crippen LogP contribution in [-0.2, 0) is 29.3 Å². The van der Waals surface area contributed by atoms with Gasteiger partial charge in [-0.05, 0) is 86.8 Å². The molecule has 1 aliphatic rings. The van der Waals surface area contributed by atoms with Gasteiger partial charge in [0.2, 0.25) is 11.4 Å². The first kappa shape index (κ1) is 59.0. The number of allylic oxidation sites excluding steroid dienone is 2. The minimum Gasteiger partial charge on any atom is -0.493 e. The van der Waals surface area contributed by atoms with Gasteiger partial charge < -0.3 is 19.4 Å². The molecule has 1 heterocycles. The molecule has 2 aromatic carbocycles. The predicted octanol–water partition coefficient (Wildman–Crippen LogP) is 20.2. The molecule has 0 radical (unpaired) electrons. The van der Waals surface area contributed by atoms with Crippen LogP contribution in [0.25, 0.3) is 16.9 Å². The molecular weight excluding hydrogens is 783 g/mol. The van der Waals surface area contributed by atoms with Gasteiger partial charge in [-0.25, -0.2) is 4.70 Å². The van der Waals surface area contributed by atoms with Crippen LogP contribution in [0.1, 0.15) is 269 Å². The van der Waals surface area contributed by atoms with Crippen molar-refractivity contribution >= 4 is 11.4 Å². The van der Waals surface area contributed by atoms with Gasteiger partial charge in [-0.1, -0.05) is 220 Å². The molecule has 0 atom stereocenters. The van der Waals surface area contributed by atoms with E-state index < -0.39 is 0 Å². The molecule has 0 saturated carbocycles. The first-order chi connectivity index (χ1) is 29.5. The third kappa shape index (κ3) is 27.1. The zero-order chi connectivity index (χ0) is 43.9. The van der Waals surface area contributed by atoms with Gasteiger partial charge >= 0.3 is 16.5 Å². The molecule has 0 amide bonds. The number of rotatable bonds is 34. The van der Waals surface area contributed by atoms with Crippen LogP contribution in [0.3, 0.4) is 0 Å². The van der Waals surface area contributed by atoms with Crippen LogP contribution in [-0.4, -0.2) is 4.70 Å². The van der Waals surface area contributed by atoms with E-state index in [9.17, 15) is 5.53 Å². The van der Waals surface area contributed by atoms with Crippen molar-refractivity contribution in [2.45, 2.75) is 260 Å². The number of benzene rings is 2. The first-order valence-corrected chi connectivity index (χ1v) is 26.2. The molecule has 0 fully saturated rings. The topological polar surface area (TPSA) is 25.3 Å². The molecule has 350 valence electrons. The maximum Gasteiger partial charge on any atom is 2.00 e. The number of nitrogens with zero attached hydrogens (tertiary/aromatic N) is 2. The Bertz CT molecular complexity index is 1380. The van der Waals surface area contributed by atoms with E-state index in [1.54, 1.807) is 4.70 Å². The van der Waals surface area contributed by atoms with Gasteiger partial charge in [-0.15, -0.1) is 0 Å². The van der Waals surface area contributed by atoms with Gasteiger partial charge in [0.25, 0.3) is 0 Å². The fourth-order valence-electron chi connectivity index (χ4n) is 8.62. The van der Waals surface area contributed by atoms with E-state index >= 15 is 0 Å². The molecule has 2 nitrogen and oxygen atoms in total. The normalized spacial score (nSPS) is 12.3. The maximum absolute atomic E-state index is 12.3. The summed E-state index contributed by atoms with van der Waals surface area (Å²) in [5.74, 6) is 0. The van der Waals surface area contributed by atoms with Crippen molar-refractivity contribution < 1.29 is 21.2 Å². The van der Waals surface area contributed by atoms with E-state index in [1.807, 2.05) is 13.8 Å². The quantitative estimate of drug-likeness (QED) is 0.0290. The smallest absolute Gasteiger partial charge is 0.493 e. The zero-order valence-electron chi connectivity index (χ0n) is 41.3. The zero-order valence-corrected chi connectivity index (χ0v) is 42.3. The molecule has 0 N–H and O–H groups in total. The number of aryl methyl sites for hydroxylation is 2. The van der Waals surface area contributed by atoms with Crippen molar-refractivity contribution in [1.82, 2.24) is 0 Å². The van der Waals surface area contributed by atoms with Gasteiger partial charge in [0.15, 0.2) is 0 Å². The molecule has 0 aromatic heterocycles. The van der Waals surface area contributed by atoms with E-state index in [0.717, 1.165) is 49.9 Å². The Kier molecular flexibility index (Phi) is 40.6. The number of hydrogen-bond acceptors (Lipinski definition) is 0. The van der Waals surface area contributed by atoms with Crippen LogP contribution in [0, 0.1) is 13.8 Å². The van der Waals surface area contributed by atoms with Crippen LogP contribution < -0.4 is 0 Å². The third-order valence-corrected chi connectivity index (χ3v) is 12.0. The Morgan fingerprint density at radius 3 is 0.918 bits per heavy atom. The van der Waals surface area contributed by atoms with Crippen molar-refractivity contribution in [3.8, 4) is 0 Å². The molecule has 3 heteroatoms. The van der Waals surface area contributed by atoms with Crippen molar-refractivity contribution in [1.29, 1.82) is 0 Å². The molecule has 0 unspecified atom stereocenters. The second-order valence-electron chi connectivity index (χ2n) is 17.9. The summed E-state index contributed by atoms with van der Waals surface area (Å²) in [6.45, 7) is 20.2. The van der Waals surface area contributed by atoms with Gasteiger partial charge in [0.05, 0.1) is 0 Å². The third-order valence-electron chi connectivity index (χ3n) is 12.0. The molecule has 0 aliphatic carbocycles. The van der Waals surface area contributed by atoms with Gasteiger partial charge in [0, 0.05) is 22.3 Å². The van der Waals surface area contributed by atoms with Crippen molar-refractivity contribution in [2.24, 2.45) is 0 Å². The molecule has 0 saturated heterocycles. The van der Waals surface area contributed by atoms with E-state index in [1.165, 1.54) is 213 Å². The summed E-state index contributed by atoms with van der Waals surface area (Å²) in [5, 5.41) is 0. The summed E-state index contributed by atoms with van der Waals surface area (Å²) >= 11 is 0. The van der Waals surface area contributed by atoms with Crippen molar-refractivity contribution in [3.63, 3.8) is 0 Å². The fraction of sp³-hybridized carbons (Fsp3) is 0.690. The van der Waals surface area contributed by atoms with Gasteiger partial charge in [0.1, 0.15) is 0 Å². The molecular formula is C58H98N2Ni. The van der Waals surface area contributed by atoms with Crippen LogP contribution in [0.2, 0.25) is 0 Å². The number of hydrogen-bond donors (Lipinski definition) is 0. The summed E-state index contributed by atoms with van der Waals surface area (Å²) in [5.41, 5.74) is 22.4. The summed E-state index contributed by atoms with van der Waals surface area (Å²) in [6.07, 6.45) is 43.8. The van der Waals surface area contributed by atoms with E-state index in [-0.39, 0.29) is 16.5 Å². The molecule has 3 rings (SSSR count). The molecule has 61 heavy (non-hydrogen) atoms. The standard InChI is InChI=1S/C52H84N2.2C3H7.Ni/c1-5-9-13-17-18-19-20-21-22-23-24-25-26-27-28-32-42-50-49(41-31-16-12-8-4)51(47-39-33-37-45(43-47)35-29-14-10-6-2)54(53)52(50)48-40-34-38-46(44-48)36-30-15-11-7-3;2*1-3-2;/h33-34,37-40,43-44H,5-32,35-36,41-42H2,1-4H3;2*1,3H2,2H3;/q;2*-1;+2. The minimum absolute atomic E-state index is 0. The number of unbranched alkanes of at least 4 members (excludes halogenated alkanes) is 24. The fourth-order valence-corrected chi connectivity index (χ4v) is 8.62. The second-order valence-corrected chi connectivity index (χ2v) is 17.9. The van der Waals surface area contributed by atoms with E-state index in [4.69, 9.17) is 0 Å². The Morgan fingerprint density at radius 1 is 0.377 bits per heavy atom. The molecule has 0 spiro atoms. The van der Waals surface area contributed by atoms with E-state index in [0.29, 0.717) is 0 Å². The average molecular weight is 882 g/mol. The summed E-state index contributed by atoms with van der Waals surface area (Å²) in [7, 11) is 0. The summed E-state index contributed by atoms with van der Waals surface area (Å²) in [6, 6.07) is 18.3.